The molecule has 156 valence electrons. The van der Waals surface area contributed by atoms with E-state index in [1.165, 1.54) is 0 Å². The third-order valence-corrected chi connectivity index (χ3v) is 6.18. The van der Waals surface area contributed by atoms with Crippen molar-refractivity contribution in [1.29, 1.82) is 0 Å². The fourth-order valence-electron chi connectivity index (χ4n) is 3.96. The Kier molecular flexibility index (Phi) is 4.66. The number of aliphatic carboxylic acids is 1. The number of carboxylic acids is 1. The number of imidazole rings is 1. The SMILES string of the molecule is CC1(C(=O)O)CCN(c2ccc(-c3ccc(-c4nc5ccccc5[nH]4)cn3)cn2)CC1. The molecule has 7 heteroatoms. The first kappa shape index (κ1) is 19.2. The Morgan fingerprint density at radius 1 is 1.00 bits per heavy atom. The summed E-state index contributed by atoms with van der Waals surface area (Å²) >= 11 is 0. The lowest BCUT2D eigenvalue weighted by Crippen LogP contribution is -2.43. The van der Waals surface area contributed by atoms with Crippen LogP contribution in [0.5, 0.6) is 0 Å². The van der Waals surface area contributed by atoms with Crippen LogP contribution in [0.3, 0.4) is 0 Å². The Morgan fingerprint density at radius 2 is 1.74 bits per heavy atom. The van der Waals surface area contributed by atoms with Crippen LogP contribution in [0.2, 0.25) is 0 Å². The summed E-state index contributed by atoms with van der Waals surface area (Å²) in [5, 5.41) is 9.40. The number of hydrogen-bond donors (Lipinski definition) is 2. The first-order valence-electron chi connectivity index (χ1n) is 10.4. The minimum atomic E-state index is -0.715. The number of aromatic nitrogens is 4. The van der Waals surface area contributed by atoms with Crippen LogP contribution in [0.1, 0.15) is 19.8 Å². The number of pyridine rings is 2. The van der Waals surface area contributed by atoms with E-state index >= 15 is 0 Å². The van der Waals surface area contributed by atoms with E-state index in [0.29, 0.717) is 25.9 Å². The van der Waals surface area contributed by atoms with Crippen LogP contribution in [0.25, 0.3) is 33.7 Å². The van der Waals surface area contributed by atoms with Crippen molar-refractivity contribution in [2.45, 2.75) is 19.8 Å². The predicted octanol–water partition coefficient (Wildman–Crippen LogP) is 4.38. The summed E-state index contributed by atoms with van der Waals surface area (Å²) < 4.78 is 0. The lowest BCUT2D eigenvalue weighted by Gasteiger charge is -2.37. The molecule has 3 aromatic heterocycles. The Balaban J connectivity index is 1.30. The lowest BCUT2D eigenvalue weighted by atomic mass is 9.80. The molecule has 4 heterocycles. The molecule has 0 saturated carbocycles. The molecule has 0 unspecified atom stereocenters. The quantitative estimate of drug-likeness (QED) is 0.516. The van der Waals surface area contributed by atoms with E-state index in [1.54, 1.807) is 0 Å². The zero-order chi connectivity index (χ0) is 21.4. The largest absolute Gasteiger partial charge is 0.481 e. The van der Waals surface area contributed by atoms with E-state index in [1.807, 2.05) is 67.8 Å². The van der Waals surface area contributed by atoms with Crippen LogP contribution < -0.4 is 4.90 Å². The number of H-pyrrole nitrogens is 1. The van der Waals surface area contributed by atoms with Gasteiger partial charge in [-0.25, -0.2) is 9.97 Å². The summed E-state index contributed by atoms with van der Waals surface area (Å²) in [6.07, 6.45) is 4.88. The summed E-state index contributed by atoms with van der Waals surface area (Å²) in [6, 6.07) is 15.9. The molecule has 0 radical (unpaired) electrons. The first-order valence-corrected chi connectivity index (χ1v) is 10.4. The second-order valence-electron chi connectivity index (χ2n) is 8.29. The van der Waals surface area contributed by atoms with Crippen LogP contribution >= 0.6 is 0 Å². The zero-order valence-electron chi connectivity index (χ0n) is 17.2. The van der Waals surface area contributed by atoms with Gasteiger partial charge in [0.25, 0.3) is 0 Å². The average molecular weight is 413 g/mol. The molecule has 1 aromatic carbocycles. The number of piperidine rings is 1. The van der Waals surface area contributed by atoms with E-state index in [9.17, 15) is 9.90 Å². The molecule has 0 amide bonds. The van der Waals surface area contributed by atoms with Crippen molar-refractivity contribution in [3.05, 3.63) is 60.9 Å². The number of carboxylic acid groups (broad SMARTS) is 1. The number of para-hydroxylation sites is 2. The van der Waals surface area contributed by atoms with Crippen molar-refractivity contribution < 1.29 is 9.90 Å². The van der Waals surface area contributed by atoms with E-state index < -0.39 is 11.4 Å². The maximum absolute atomic E-state index is 11.4. The van der Waals surface area contributed by atoms with Gasteiger partial charge in [0.1, 0.15) is 11.6 Å². The number of benzene rings is 1. The molecular weight excluding hydrogens is 390 g/mol. The second-order valence-corrected chi connectivity index (χ2v) is 8.29. The van der Waals surface area contributed by atoms with Gasteiger partial charge >= 0.3 is 5.97 Å². The smallest absolute Gasteiger partial charge is 0.309 e. The number of rotatable bonds is 4. The van der Waals surface area contributed by atoms with Crippen molar-refractivity contribution >= 4 is 22.8 Å². The molecule has 0 spiro atoms. The van der Waals surface area contributed by atoms with Crippen LogP contribution in [-0.4, -0.2) is 44.1 Å². The lowest BCUT2D eigenvalue weighted by molar-refractivity contribution is -0.149. The Hall–Kier alpha value is -3.74. The van der Waals surface area contributed by atoms with E-state index in [4.69, 9.17) is 0 Å². The van der Waals surface area contributed by atoms with Gasteiger partial charge in [0, 0.05) is 36.6 Å². The van der Waals surface area contributed by atoms with Crippen LogP contribution in [0.15, 0.2) is 60.9 Å². The van der Waals surface area contributed by atoms with Crippen LogP contribution in [0, 0.1) is 5.41 Å². The number of nitrogens with zero attached hydrogens (tertiary/aromatic N) is 4. The van der Waals surface area contributed by atoms with Crippen LogP contribution in [-0.2, 0) is 4.79 Å². The van der Waals surface area contributed by atoms with E-state index in [0.717, 1.165) is 39.5 Å². The Morgan fingerprint density at radius 3 is 2.39 bits per heavy atom. The van der Waals surface area contributed by atoms with Gasteiger partial charge in [0.15, 0.2) is 0 Å². The van der Waals surface area contributed by atoms with Crippen molar-refractivity contribution in [1.82, 2.24) is 19.9 Å². The summed E-state index contributed by atoms with van der Waals surface area (Å²) in [6.45, 7) is 3.21. The minimum absolute atomic E-state index is 0.622. The number of anilines is 1. The molecule has 1 saturated heterocycles. The zero-order valence-corrected chi connectivity index (χ0v) is 17.2. The summed E-state index contributed by atoms with van der Waals surface area (Å²) in [4.78, 5) is 30.7. The molecule has 1 aliphatic heterocycles. The molecule has 5 rings (SSSR count). The maximum Gasteiger partial charge on any atom is 0.309 e. The molecular formula is C24H23N5O2. The van der Waals surface area contributed by atoms with Gasteiger partial charge in [0.2, 0.25) is 0 Å². The van der Waals surface area contributed by atoms with E-state index in [-0.39, 0.29) is 0 Å². The van der Waals surface area contributed by atoms with Gasteiger partial charge in [-0.15, -0.1) is 0 Å². The van der Waals surface area contributed by atoms with Gasteiger partial charge in [-0.05, 0) is 56.2 Å². The number of nitrogens with one attached hydrogen (secondary N) is 1. The standard InChI is InChI=1S/C24H23N5O2/c1-24(23(30)31)10-12-29(13-11-24)21-9-7-16(14-26-21)18-8-6-17(15-25-18)22-27-19-4-2-3-5-20(19)28-22/h2-9,14-15H,10-13H2,1H3,(H,27,28)(H,30,31). The minimum Gasteiger partial charge on any atom is -0.481 e. The predicted molar refractivity (Wildman–Crippen MR) is 120 cm³/mol. The Labute approximate surface area is 179 Å². The maximum atomic E-state index is 11.4. The Bertz CT molecular complexity index is 1190. The summed E-state index contributed by atoms with van der Waals surface area (Å²) in [7, 11) is 0. The number of fused-ring (bicyclic) bond motifs is 1. The van der Waals surface area contributed by atoms with E-state index in [2.05, 4.69) is 24.8 Å². The van der Waals surface area contributed by atoms with Crippen molar-refractivity contribution in [3.63, 3.8) is 0 Å². The van der Waals surface area contributed by atoms with Crippen molar-refractivity contribution in [2.75, 3.05) is 18.0 Å². The average Bonchev–Trinajstić information content (AvgIpc) is 3.24. The molecule has 7 nitrogen and oxygen atoms in total. The normalized spacial score (nSPS) is 15.8. The highest BCUT2D eigenvalue weighted by molar-refractivity contribution is 5.79. The summed E-state index contributed by atoms with van der Waals surface area (Å²) in [5.74, 6) is 0.954. The second kappa shape index (κ2) is 7.50. The van der Waals surface area contributed by atoms with Gasteiger partial charge in [-0.2, -0.15) is 0 Å². The van der Waals surface area contributed by atoms with Gasteiger partial charge in [0.05, 0.1) is 22.1 Å². The van der Waals surface area contributed by atoms with Crippen molar-refractivity contribution in [3.8, 4) is 22.6 Å². The highest BCUT2D eigenvalue weighted by Gasteiger charge is 2.37. The fourth-order valence-corrected chi connectivity index (χ4v) is 3.96. The monoisotopic (exact) mass is 413 g/mol. The van der Waals surface area contributed by atoms with Crippen molar-refractivity contribution in [2.24, 2.45) is 5.41 Å². The van der Waals surface area contributed by atoms with Gasteiger partial charge in [-0.3, -0.25) is 9.78 Å². The number of aromatic amines is 1. The molecule has 0 bridgehead atoms. The van der Waals surface area contributed by atoms with Gasteiger partial charge in [-0.1, -0.05) is 12.1 Å². The first-order chi connectivity index (χ1) is 15.0. The number of carbonyl (C=O) groups is 1. The molecule has 1 fully saturated rings. The third-order valence-electron chi connectivity index (χ3n) is 6.18. The third kappa shape index (κ3) is 3.63. The van der Waals surface area contributed by atoms with Gasteiger partial charge < -0.3 is 15.0 Å². The van der Waals surface area contributed by atoms with Crippen LogP contribution in [0.4, 0.5) is 5.82 Å². The molecule has 0 atom stereocenters. The molecule has 31 heavy (non-hydrogen) atoms. The summed E-state index contributed by atoms with van der Waals surface area (Å²) in [5.41, 5.74) is 4.01. The molecule has 1 aliphatic rings. The molecule has 2 N–H and O–H groups in total. The topological polar surface area (TPSA) is 95.0 Å². The number of hydrogen-bond acceptors (Lipinski definition) is 5. The highest BCUT2D eigenvalue weighted by Crippen LogP contribution is 2.33. The molecule has 0 aliphatic carbocycles. The highest BCUT2D eigenvalue weighted by atomic mass is 16.4. The fraction of sp³-hybridized carbons (Fsp3) is 0.250. The molecule has 4 aromatic rings.